The predicted molar refractivity (Wildman–Crippen MR) is 129 cm³/mol. The lowest BCUT2D eigenvalue weighted by Gasteiger charge is -2.37. The van der Waals surface area contributed by atoms with Gasteiger partial charge >= 0.3 is 0 Å². The van der Waals surface area contributed by atoms with E-state index in [1.165, 1.54) is 12.1 Å². The number of amides is 1. The topological polar surface area (TPSA) is 79.8 Å². The first-order chi connectivity index (χ1) is 17.4. The molecule has 3 fully saturated rings. The summed E-state index contributed by atoms with van der Waals surface area (Å²) < 4.78 is 38.7. The number of carbonyl (C=O) groups excluding carboxylic acids is 1. The van der Waals surface area contributed by atoms with Crippen LogP contribution in [0.2, 0.25) is 0 Å². The van der Waals surface area contributed by atoms with Crippen LogP contribution in [0.15, 0.2) is 18.2 Å². The van der Waals surface area contributed by atoms with Crippen LogP contribution >= 0.6 is 0 Å². The van der Waals surface area contributed by atoms with Gasteiger partial charge in [-0.1, -0.05) is 0 Å². The minimum atomic E-state index is -0.683. The summed E-state index contributed by atoms with van der Waals surface area (Å²) in [5.74, 6) is 0.406. The third kappa shape index (κ3) is 4.47. The summed E-state index contributed by atoms with van der Waals surface area (Å²) in [7, 11) is 0. The number of fused-ring (bicyclic) bond motifs is 2. The van der Waals surface area contributed by atoms with E-state index in [4.69, 9.17) is 19.4 Å². The van der Waals surface area contributed by atoms with Gasteiger partial charge in [0.2, 0.25) is 5.91 Å². The number of anilines is 2. The monoisotopic (exact) mass is 499 g/mol. The van der Waals surface area contributed by atoms with Gasteiger partial charge < -0.3 is 24.6 Å². The van der Waals surface area contributed by atoms with Crippen LogP contribution in [0.25, 0.3) is 0 Å². The van der Waals surface area contributed by atoms with E-state index >= 15 is 0 Å². The quantitative estimate of drug-likeness (QED) is 0.676. The summed E-state index contributed by atoms with van der Waals surface area (Å²) in [6.07, 6.45) is 4.14. The molecule has 1 atom stereocenters. The maximum Gasteiger partial charge on any atom is 0.219 e. The first-order valence-corrected chi connectivity index (χ1v) is 12.8. The van der Waals surface area contributed by atoms with Crippen LogP contribution in [0.1, 0.15) is 50.4 Å². The number of benzene rings is 1. The number of carbonyl (C=O) groups is 1. The highest BCUT2D eigenvalue weighted by atomic mass is 19.1. The van der Waals surface area contributed by atoms with E-state index in [0.29, 0.717) is 45.6 Å². The van der Waals surface area contributed by atoms with Gasteiger partial charge in [-0.2, -0.15) is 0 Å². The average Bonchev–Trinajstić information content (AvgIpc) is 3.43. The number of ether oxygens (including phenoxy) is 2. The lowest BCUT2D eigenvalue weighted by molar-refractivity contribution is -0.130. The fourth-order valence-electron chi connectivity index (χ4n) is 5.54. The van der Waals surface area contributed by atoms with Crippen molar-refractivity contribution < 1.29 is 23.0 Å². The molecule has 1 aliphatic carbocycles. The highest BCUT2D eigenvalue weighted by Gasteiger charge is 2.52. The van der Waals surface area contributed by atoms with Gasteiger partial charge in [-0.05, 0) is 31.4 Å². The highest BCUT2D eigenvalue weighted by molar-refractivity contribution is 5.74. The summed E-state index contributed by atoms with van der Waals surface area (Å²) in [5.41, 5.74) is 1.82. The molecule has 4 aliphatic rings. The smallest absolute Gasteiger partial charge is 0.219 e. The number of nitrogens with zero attached hydrogens (tertiary/aromatic N) is 4. The van der Waals surface area contributed by atoms with Crippen molar-refractivity contribution in [1.29, 1.82) is 0 Å². The standard InChI is InChI=1S/C26H31F2N5O3/c1-16(34)33-13-21-23(26(15-33)7-8-26)31-25(24(30-21)29-18-6-11-35-14-18)32-9-4-19(5-10-32)36-22-3-2-17(27)12-20(22)28/h2-3,12,18-19H,4-11,13-15H2,1H3,(H,29,30)/t18-/m1/s1. The number of aromatic nitrogens is 2. The third-order valence-corrected chi connectivity index (χ3v) is 7.78. The Labute approximate surface area is 209 Å². The summed E-state index contributed by atoms with van der Waals surface area (Å²) in [4.78, 5) is 26.5. The lowest BCUT2D eigenvalue weighted by Crippen LogP contribution is -2.43. The molecule has 36 heavy (non-hydrogen) atoms. The van der Waals surface area contributed by atoms with Crippen LogP contribution < -0.4 is 15.0 Å². The van der Waals surface area contributed by atoms with Gasteiger partial charge in [0.1, 0.15) is 11.9 Å². The maximum absolute atomic E-state index is 14.1. The Balaban J connectivity index is 1.24. The first-order valence-electron chi connectivity index (χ1n) is 12.8. The Hall–Kier alpha value is -3.01. The molecule has 1 aromatic heterocycles. The molecule has 1 amide bonds. The van der Waals surface area contributed by atoms with Gasteiger partial charge in [-0.15, -0.1) is 0 Å². The molecule has 192 valence electrons. The largest absolute Gasteiger partial charge is 0.487 e. The van der Waals surface area contributed by atoms with Crippen LogP contribution in [0.3, 0.4) is 0 Å². The number of halogens is 2. The zero-order chi connectivity index (χ0) is 24.9. The van der Waals surface area contributed by atoms with Crippen molar-refractivity contribution in [1.82, 2.24) is 14.9 Å². The van der Waals surface area contributed by atoms with Crippen molar-refractivity contribution in [3.05, 3.63) is 41.2 Å². The van der Waals surface area contributed by atoms with Crippen LogP contribution in [0, 0.1) is 11.6 Å². The normalized spacial score (nSPS) is 23.0. The second kappa shape index (κ2) is 9.14. The molecule has 8 nitrogen and oxygen atoms in total. The van der Waals surface area contributed by atoms with Crippen LogP contribution in [-0.2, 0) is 21.5 Å². The Morgan fingerprint density at radius 1 is 1.19 bits per heavy atom. The van der Waals surface area contributed by atoms with Crippen molar-refractivity contribution in [2.45, 2.75) is 63.1 Å². The molecular formula is C26H31F2N5O3. The highest BCUT2D eigenvalue weighted by Crippen LogP contribution is 2.52. The van der Waals surface area contributed by atoms with Gasteiger partial charge in [0, 0.05) is 57.5 Å². The predicted octanol–water partition coefficient (Wildman–Crippen LogP) is 3.40. The minimum Gasteiger partial charge on any atom is -0.487 e. The van der Waals surface area contributed by atoms with E-state index in [1.54, 1.807) is 6.92 Å². The number of rotatable bonds is 5. The van der Waals surface area contributed by atoms with E-state index < -0.39 is 11.6 Å². The lowest BCUT2D eigenvalue weighted by atomic mass is 9.94. The van der Waals surface area contributed by atoms with Crippen LogP contribution in [0.4, 0.5) is 20.4 Å². The molecule has 1 aromatic carbocycles. The number of hydrogen-bond acceptors (Lipinski definition) is 7. The molecule has 6 rings (SSSR count). The van der Waals surface area contributed by atoms with Crippen LogP contribution in [0.5, 0.6) is 5.75 Å². The van der Waals surface area contributed by atoms with Gasteiger partial charge in [-0.3, -0.25) is 4.79 Å². The third-order valence-electron chi connectivity index (χ3n) is 7.78. The Bertz CT molecular complexity index is 1160. The number of hydrogen-bond donors (Lipinski definition) is 1. The van der Waals surface area contributed by atoms with Gasteiger partial charge in [0.05, 0.1) is 30.6 Å². The molecule has 10 heteroatoms. The van der Waals surface area contributed by atoms with E-state index in [1.807, 2.05) is 4.90 Å². The molecule has 2 aromatic rings. The SMILES string of the molecule is CC(=O)N1Cc2nc(N[C@@H]3CCOC3)c(N3CCC(Oc4ccc(F)cc4F)CC3)nc2C2(CC2)C1. The molecule has 3 aliphatic heterocycles. The summed E-state index contributed by atoms with van der Waals surface area (Å²) in [6.45, 7) is 5.51. The molecular weight excluding hydrogens is 468 g/mol. The minimum absolute atomic E-state index is 0.0659. The Morgan fingerprint density at radius 2 is 2.00 bits per heavy atom. The molecule has 1 saturated carbocycles. The zero-order valence-electron chi connectivity index (χ0n) is 20.4. The summed E-state index contributed by atoms with van der Waals surface area (Å²) in [5, 5.41) is 3.55. The second-order valence-corrected chi connectivity index (χ2v) is 10.4. The van der Waals surface area contributed by atoms with Crippen molar-refractivity contribution in [3.8, 4) is 5.75 Å². The molecule has 4 heterocycles. The van der Waals surface area contributed by atoms with E-state index in [2.05, 4.69) is 10.2 Å². The molecule has 1 spiro atoms. The van der Waals surface area contributed by atoms with E-state index in [-0.39, 0.29) is 29.2 Å². The fraction of sp³-hybridized carbons (Fsp3) is 0.577. The molecule has 1 N–H and O–H groups in total. The van der Waals surface area contributed by atoms with Gasteiger partial charge in [0.25, 0.3) is 0 Å². The van der Waals surface area contributed by atoms with Crippen LogP contribution in [-0.4, -0.2) is 65.8 Å². The zero-order valence-corrected chi connectivity index (χ0v) is 20.4. The average molecular weight is 500 g/mol. The van der Waals surface area contributed by atoms with Crippen molar-refractivity contribution >= 4 is 17.5 Å². The number of nitrogens with one attached hydrogen (secondary N) is 1. The molecule has 2 saturated heterocycles. The molecule has 0 unspecified atom stereocenters. The van der Waals surface area contributed by atoms with E-state index in [0.717, 1.165) is 55.0 Å². The maximum atomic E-state index is 14.1. The Kier molecular flexibility index (Phi) is 5.94. The summed E-state index contributed by atoms with van der Waals surface area (Å²) in [6, 6.07) is 3.57. The fourth-order valence-corrected chi connectivity index (χ4v) is 5.54. The van der Waals surface area contributed by atoms with Crippen molar-refractivity contribution in [2.24, 2.45) is 0 Å². The van der Waals surface area contributed by atoms with Crippen molar-refractivity contribution in [3.63, 3.8) is 0 Å². The number of piperidine rings is 1. The van der Waals surface area contributed by atoms with Gasteiger partial charge in [-0.25, -0.2) is 18.7 Å². The molecule has 0 radical (unpaired) electrons. The summed E-state index contributed by atoms with van der Waals surface area (Å²) >= 11 is 0. The van der Waals surface area contributed by atoms with Crippen molar-refractivity contribution in [2.75, 3.05) is 43.1 Å². The van der Waals surface area contributed by atoms with Gasteiger partial charge in [0.15, 0.2) is 23.2 Å². The second-order valence-electron chi connectivity index (χ2n) is 10.4. The Morgan fingerprint density at radius 3 is 2.67 bits per heavy atom. The van der Waals surface area contributed by atoms with E-state index in [9.17, 15) is 13.6 Å². The molecule has 0 bridgehead atoms. The first kappa shape index (κ1) is 23.4.